The minimum absolute atomic E-state index is 0.328. The van der Waals surface area contributed by atoms with Gasteiger partial charge < -0.3 is 4.90 Å². The van der Waals surface area contributed by atoms with Crippen LogP contribution in [0.2, 0.25) is 5.02 Å². The van der Waals surface area contributed by atoms with E-state index in [2.05, 4.69) is 37.5 Å². The van der Waals surface area contributed by atoms with Gasteiger partial charge in [-0.2, -0.15) is 5.26 Å². The van der Waals surface area contributed by atoms with Crippen LogP contribution in [0.25, 0.3) is 11.3 Å². The van der Waals surface area contributed by atoms with Gasteiger partial charge >= 0.3 is 0 Å². The van der Waals surface area contributed by atoms with Crippen LogP contribution in [0.3, 0.4) is 0 Å². The van der Waals surface area contributed by atoms with Crippen molar-refractivity contribution >= 4 is 35.1 Å². The number of aromatic nitrogens is 6. The Labute approximate surface area is 188 Å². The third kappa shape index (κ3) is 5.49. The van der Waals surface area contributed by atoms with Crippen LogP contribution in [0.4, 0.5) is 0 Å². The third-order valence-corrected chi connectivity index (χ3v) is 5.75. The molecule has 0 amide bonds. The number of benzene rings is 1. The van der Waals surface area contributed by atoms with Gasteiger partial charge in [0.15, 0.2) is 5.16 Å². The summed E-state index contributed by atoms with van der Waals surface area (Å²) in [6.07, 6.45) is 5.39. The van der Waals surface area contributed by atoms with Gasteiger partial charge in [-0.3, -0.25) is 0 Å². The van der Waals surface area contributed by atoms with E-state index < -0.39 is 0 Å². The summed E-state index contributed by atoms with van der Waals surface area (Å²) in [4.78, 5) is 11.1. The molecule has 0 saturated heterocycles. The second-order valence-corrected chi connectivity index (χ2v) is 8.57. The number of thioether (sulfide) groups is 1. The van der Waals surface area contributed by atoms with Crippen molar-refractivity contribution in [2.24, 2.45) is 0 Å². The molecule has 0 N–H and O–H groups in total. The quantitative estimate of drug-likeness (QED) is 0.219. The Hall–Kier alpha value is -2.63. The molecule has 0 saturated carbocycles. The van der Waals surface area contributed by atoms with E-state index in [1.165, 1.54) is 23.5 Å². The number of terminal acetylenes is 1. The molecule has 1 aromatic carbocycles. The number of nitriles is 1. The molecule has 8 nitrogen and oxygen atoms in total. The number of likely N-dealkylation sites (N-methyl/N-ethyl adjacent to an activating group) is 1. The molecule has 3 aromatic rings. The van der Waals surface area contributed by atoms with Gasteiger partial charge in [-0.05, 0) is 48.4 Å². The Morgan fingerprint density at radius 3 is 2.83 bits per heavy atom. The Kier molecular flexibility index (Phi) is 7.66. The van der Waals surface area contributed by atoms with E-state index >= 15 is 0 Å². The fourth-order valence-corrected chi connectivity index (χ4v) is 4.03. The summed E-state index contributed by atoms with van der Waals surface area (Å²) < 4.78 is 1.68. The highest BCUT2D eigenvalue weighted by atomic mass is 35.5. The molecule has 0 aliphatic rings. The number of hydrogen-bond donors (Lipinski definition) is 0. The van der Waals surface area contributed by atoms with Crippen molar-refractivity contribution in [3.8, 4) is 29.7 Å². The third-order valence-electron chi connectivity index (χ3n) is 3.80. The molecule has 0 aliphatic heterocycles. The van der Waals surface area contributed by atoms with Gasteiger partial charge in [0.2, 0.25) is 5.16 Å². The number of halogens is 1. The van der Waals surface area contributed by atoms with Crippen molar-refractivity contribution in [2.75, 3.05) is 26.4 Å². The minimum atomic E-state index is 0.328. The van der Waals surface area contributed by atoms with Gasteiger partial charge in [0.1, 0.15) is 16.7 Å². The normalized spacial score (nSPS) is 10.7. The maximum Gasteiger partial charge on any atom is 0.215 e. The SMILES string of the molecule is C#CCSc1nc(Sc2nnnn2CCN(C)C)c(C#N)c(-c2cccc(Cl)c2)n1. The second-order valence-electron chi connectivity index (χ2n) is 6.24. The standard InChI is InChI=1S/C19H17ClN8S2/c1-4-10-29-18-22-16(13-6-5-7-14(20)11-13)15(12-21)17(23-18)30-19-24-25-26-28(19)9-8-27(2)3/h1,5-7,11H,8-10H2,2-3H3. The molecule has 0 unspecified atom stereocenters. The average Bonchev–Trinajstić information content (AvgIpc) is 3.17. The molecular formula is C19H17ClN8S2. The zero-order valence-electron chi connectivity index (χ0n) is 16.3. The van der Waals surface area contributed by atoms with E-state index in [-0.39, 0.29) is 0 Å². The van der Waals surface area contributed by atoms with Crippen LogP contribution in [-0.4, -0.2) is 61.5 Å². The van der Waals surface area contributed by atoms with Gasteiger partial charge in [-0.1, -0.05) is 41.4 Å². The van der Waals surface area contributed by atoms with Gasteiger partial charge in [0, 0.05) is 17.1 Å². The molecule has 0 aliphatic carbocycles. The van der Waals surface area contributed by atoms with Crippen LogP contribution in [0, 0.1) is 23.7 Å². The summed E-state index contributed by atoms with van der Waals surface area (Å²) >= 11 is 8.69. The van der Waals surface area contributed by atoms with Crippen molar-refractivity contribution in [3.63, 3.8) is 0 Å². The first kappa shape index (κ1) is 22.1. The number of hydrogen-bond acceptors (Lipinski definition) is 9. The van der Waals surface area contributed by atoms with Crippen molar-refractivity contribution in [3.05, 3.63) is 34.9 Å². The molecule has 0 bridgehead atoms. The maximum absolute atomic E-state index is 9.89. The molecule has 3 rings (SSSR count). The highest BCUT2D eigenvalue weighted by Gasteiger charge is 2.20. The van der Waals surface area contributed by atoms with Crippen LogP contribution in [0.15, 0.2) is 39.6 Å². The van der Waals surface area contributed by atoms with Crippen LogP contribution in [0.5, 0.6) is 0 Å². The first-order valence-corrected chi connectivity index (χ1v) is 10.9. The molecule has 152 valence electrons. The van der Waals surface area contributed by atoms with E-state index in [1.54, 1.807) is 16.8 Å². The molecule has 0 radical (unpaired) electrons. The number of nitrogens with zero attached hydrogens (tertiary/aromatic N) is 8. The lowest BCUT2D eigenvalue weighted by Crippen LogP contribution is -2.19. The smallest absolute Gasteiger partial charge is 0.215 e. The Bertz CT molecular complexity index is 1120. The predicted octanol–water partition coefficient (Wildman–Crippen LogP) is 3.09. The van der Waals surface area contributed by atoms with Gasteiger partial charge in [0.05, 0.1) is 18.0 Å². The topological polar surface area (TPSA) is 96.4 Å². The van der Waals surface area contributed by atoms with E-state index in [4.69, 9.17) is 18.0 Å². The lowest BCUT2D eigenvalue weighted by molar-refractivity contribution is 0.361. The largest absolute Gasteiger partial charge is 0.308 e. The van der Waals surface area contributed by atoms with E-state index in [9.17, 15) is 5.26 Å². The number of tetrazole rings is 1. The predicted molar refractivity (Wildman–Crippen MR) is 117 cm³/mol. The second kappa shape index (κ2) is 10.4. The first-order chi connectivity index (χ1) is 14.5. The highest BCUT2D eigenvalue weighted by Crippen LogP contribution is 2.34. The summed E-state index contributed by atoms with van der Waals surface area (Å²) in [6.45, 7) is 1.37. The van der Waals surface area contributed by atoms with E-state index in [0.29, 0.717) is 43.9 Å². The Balaban J connectivity index is 2.05. The lowest BCUT2D eigenvalue weighted by atomic mass is 10.1. The average molecular weight is 457 g/mol. The molecular weight excluding hydrogens is 440 g/mol. The van der Waals surface area contributed by atoms with E-state index in [1.807, 2.05) is 31.1 Å². The highest BCUT2D eigenvalue weighted by molar-refractivity contribution is 7.99. The molecule has 2 aromatic heterocycles. The Morgan fingerprint density at radius 2 is 2.13 bits per heavy atom. The molecule has 0 spiro atoms. The molecule has 30 heavy (non-hydrogen) atoms. The van der Waals surface area contributed by atoms with E-state index in [0.717, 1.165) is 12.1 Å². The first-order valence-electron chi connectivity index (χ1n) is 8.75. The summed E-state index contributed by atoms with van der Waals surface area (Å²) in [7, 11) is 3.95. The molecule has 11 heteroatoms. The van der Waals surface area contributed by atoms with Gasteiger partial charge in [-0.25, -0.2) is 14.6 Å². The summed E-state index contributed by atoms with van der Waals surface area (Å²) in [6, 6.07) is 9.40. The van der Waals surface area contributed by atoms with Crippen LogP contribution in [-0.2, 0) is 6.54 Å². The monoisotopic (exact) mass is 456 g/mol. The molecule has 0 fully saturated rings. The van der Waals surface area contributed by atoms with Gasteiger partial charge in [0.25, 0.3) is 0 Å². The zero-order chi connectivity index (χ0) is 21.5. The van der Waals surface area contributed by atoms with Crippen molar-refractivity contribution in [1.82, 2.24) is 35.1 Å². The van der Waals surface area contributed by atoms with Gasteiger partial charge in [-0.15, -0.1) is 11.5 Å². The van der Waals surface area contributed by atoms with Crippen LogP contribution in [0.1, 0.15) is 5.56 Å². The lowest BCUT2D eigenvalue weighted by Gasteiger charge is -2.12. The van der Waals surface area contributed by atoms with Crippen LogP contribution < -0.4 is 0 Å². The van der Waals surface area contributed by atoms with Crippen molar-refractivity contribution < 1.29 is 0 Å². The van der Waals surface area contributed by atoms with Crippen molar-refractivity contribution in [2.45, 2.75) is 21.9 Å². The summed E-state index contributed by atoms with van der Waals surface area (Å²) in [5.41, 5.74) is 1.54. The number of rotatable bonds is 8. The summed E-state index contributed by atoms with van der Waals surface area (Å²) in [5.74, 6) is 2.97. The fraction of sp³-hybridized carbons (Fsp3) is 0.263. The Morgan fingerprint density at radius 1 is 1.30 bits per heavy atom. The minimum Gasteiger partial charge on any atom is -0.308 e. The zero-order valence-corrected chi connectivity index (χ0v) is 18.7. The molecule has 0 atom stereocenters. The van der Waals surface area contributed by atoms with Crippen molar-refractivity contribution in [1.29, 1.82) is 5.26 Å². The summed E-state index contributed by atoms with van der Waals surface area (Å²) in [5, 5.41) is 23.8. The fourth-order valence-electron chi connectivity index (χ4n) is 2.40. The molecule has 2 heterocycles. The van der Waals surface area contributed by atoms with Crippen LogP contribution >= 0.6 is 35.1 Å². The maximum atomic E-state index is 9.89.